The third-order valence-electron chi connectivity index (χ3n) is 10.3. The number of hydrogen-bond acceptors (Lipinski definition) is 6. The molecule has 0 fully saturated rings. The van der Waals surface area contributed by atoms with E-state index in [0.29, 0.717) is 19.3 Å². The summed E-state index contributed by atoms with van der Waals surface area (Å²) in [5.74, 6) is -0.938. The van der Waals surface area contributed by atoms with Crippen LogP contribution >= 0.6 is 0 Å². The highest BCUT2D eigenvalue weighted by molar-refractivity contribution is 5.71. The SMILES string of the molecule is CC\C=C/C=C\C=C/CCCCCCCC(=O)OC(COC(=O)CCCCC/C=C\C=C/CCCCCCCCC)COC(=O)CCCCCCCCCCCCC. The van der Waals surface area contributed by atoms with Crippen LogP contribution in [0.15, 0.2) is 60.8 Å². The van der Waals surface area contributed by atoms with E-state index in [-0.39, 0.29) is 31.1 Å². The molecule has 334 valence electrons. The molecule has 0 saturated carbocycles. The van der Waals surface area contributed by atoms with Gasteiger partial charge in [0.05, 0.1) is 0 Å². The monoisotopic (exact) mass is 811 g/mol. The molecule has 58 heavy (non-hydrogen) atoms. The Kier molecular flexibility index (Phi) is 44.5. The second-order valence-electron chi connectivity index (χ2n) is 16.1. The zero-order valence-electron chi connectivity index (χ0n) is 38.0. The molecule has 0 aromatic carbocycles. The van der Waals surface area contributed by atoms with Crippen molar-refractivity contribution in [3.8, 4) is 0 Å². The van der Waals surface area contributed by atoms with Crippen molar-refractivity contribution < 1.29 is 28.6 Å². The molecule has 0 bridgehead atoms. The number of allylic oxidation sites excluding steroid dienone is 10. The van der Waals surface area contributed by atoms with Gasteiger partial charge in [-0.05, 0) is 64.2 Å². The molecule has 0 radical (unpaired) electrons. The Morgan fingerprint density at radius 3 is 1.07 bits per heavy atom. The Morgan fingerprint density at radius 1 is 0.362 bits per heavy atom. The summed E-state index contributed by atoms with van der Waals surface area (Å²) in [6, 6.07) is 0. The van der Waals surface area contributed by atoms with E-state index in [1.807, 2.05) is 0 Å². The fourth-order valence-electron chi connectivity index (χ4n) is 6.67. The predicted octanol–water partition coefficient (Wildman–Crippen LogP) is 15.7. The van der Waals surface area contributed by atoms with Crippen LogP contribution in [-0.2, 0) is 28.6 Å². The second kappa shape index (κ2) is 46.8. The van der Waals surface area contributed by atoms with E-state index < -0.39 is 6.10 Å². The highest BCUT2D eigenvalue weighted by Gasteiger charge is 2.19. The number of rotatable bonds is 43. The van der Waals surface area contributed by atoms with Crippen LogP contribution in [-0.4, -0.2) is 37.2 Å². The average Bonchev–Trinajstić information content (AvgIpc) is 3.22. The number of esters is 3. The van der Waals surface area contributed by atoms with Gasteiger partial charge in [0.25, 0.3) is 0 Å². The van der Waals surface area contributed by atoms with Crippen LogP contribution in [0.2, 0.25) is 0 Å². The Bertz CT molecular complexity index is 1070. The Labute approximate surface area is 358 Å². The largest absolute Gasteiger partial charge is 0.462 e. The molecular formula is C52H90O6. The van der Waals surface area contributed by atoms with Gasteiger partial charge in [-0.25, -0.2) is 0 Å². The quantitative estimate of drug-likeness (QED) is 0.0264. The van der Waals surface area contributed by atoms with E-state index in [2.05, 4.69) is 81.5 Å². The first-order valence-electron chi connectivity index (χ1n) is 24.3. The number of ether oxygens (including phenoxy) is 3. The van der Waals surface area contributed by atoms with Gasteiger partial charge in [0.1, 0.15) is 13.2 Å². The Morgan fingerprint density at radius 2 is 0.672 bits per heavy atom. The minimum Gasteiger partial charge on any atom is -0.462 e. The lowest BCUT2D eigenvalue weighted by Crippen LogP contribution is -2.30. The maximum absolute atomic E-state index is 12.7. The number of unbranched alkanes of at least 4 members (excludes halogenated alkanes) is 25. The summed E-state index contributed by atoms with van der Waals surface area (Å²) in [6.07, 6.45) is 56.3. The van der Waals surface area contributed by atoms with Gasteiger partial charge in [-0.3, -0.25) is 14.4 Å². The van der Waals surface area contributed by atoms with Crippen LogP contribution in [0.5, 0.6) is 0 Å². The van der Waals surface area contributed by atoms with Crippen molar-refractivity contribution >= 4 is 17.9 Å². The first kappa shape index (κ1) is 55.1. The highest BCUT2D eigenvalue weighted by Crippen LogP contribution is 2.14. The molecule has 0 saturated heterocycles. The van der Waals surface area contributed by atoms with E-state index in [1.165, 1.54) is 96.3 Å². The minimum absolute atomic E-state index is 0.0900. The standard InChI is InChI=1S/C52H90O6/c1-4-7-10-13-16-19-22-24-25-26-28-30-33-36-39-42-45-51(54)57-48-49(47-56-50(53)44-41-38-35-32-29-21-18-15-12-9-6-3)58-52(55)46-43-40-37-34-31-27-23-20-17-14-11-8-5-2/h8,11,14,17,20,23,25-26,28,30,49H,4-7,9-10,12-13,15-16,18-19,21-22,24,27,29,31-48H2,1-3H3/b11-8-,17-14-,23-20-,26-25-,30-28-. The van der Waals surface area contributed by atoms with Crippen molar-refractivity contribution in [2.45, 2.75) is 239 Å². The molecule has 0 aliphatic heterocycles. The van der Waals surface area contributed by atoms with Crippen molar-refractivity contribution in [3.63, 3.8) is 0 Å². The van der Waals surface area contributed by atoms with Crippen LogP contribution < -0.4 is 0 Å². The summed E-state index contributed by atoms with van der Waals surface area (Å²) in [5.41, 5.74) is 0. The van der Waals surface area contributed by atoms with Gasteiger partial charge < -0.3 is 14.2 Å². The smallest absolute Gasteiger partial charge is 0.306 e. The summed E-state index contributed by atoms with van der Waals surface area (Å²) in [5, 5.41) is 0. The van der Waals surface area contributed by atoms with Crippen LogP contribution in [0.1, 0.15) is 233 Å². The summed E-state index contributed by atoms with van der Waals surface area (Å²) >= 11 is 0. The van der Waals surface area contributed by atoms with Gasteiger partial charge in [0.2, 0.25) is 0 Å². The van der Waals surface area contributed by atoms with E-state index in [4.69, 9.17) is 14.2 Å². The second-order valence-corrected chi connectivity index (χ2v) is 16.1. The molecule has 6 nitrogen and oxygen atoms in total. The predicted molar refractivity (Wildman–Crippen MR) is 247 cm³/mol. The van der Waals surface area contributed by atoms with Crippen LogP contribution in [0.25, 0.3) is 0 Å². The van der Waals surface area contributed by atoms with Crippen molar-refractivity contribution in [2.75, 3.05) is 13.2 Å². The Hall–Kier alpha value is -2.89. The van der Waals surface area contributed by atoms with Crippen molar-refractivity contribution in [1.29, 1.82) is 0 Å². The molecule has 1 unspecified atom stereocenters. The van der Waals surface area contributed by atoms with Crippen molar-refractivity contribution in [1.82, 2.24) is 0 Å². The summed E-state index contributed by atoms with van der Waals surface area (Å²) in [4.78, 5) is 37.8. The normalized spacial score (nSPS) is 12.5. The molecule has 0 heterocycles. The first-order valence-corrected chi connectivity index (χ1v) is 24.3. The zero-order valence-corrected chi connectivity index (χ0v) is 38.0. The topological polar surface area (TPSA) is 78.9 Å². The van der Waals surface area contributed by atoms with Gasteiger partial charge in [-0.15, -0.1) is 0 Å². The lowest BCUT2D eigenvalue weighted by molar-refractivity contribution is -0.167. The third kappa shape index (κ3) is 44.2. The van der Waals surface area contributed by atoms with E-state index in [9.17, 15) is 14.4 Å². The van der Waals surface area contributed by atoms with Crippen molar-refractivity contribution in [2.24, 2.45) is 0 Å². The molecule has 0 N–H and O–H groups in total. The van der Waals surface area contributed by atoms with Gasteiger partial charge in [0, 0.05) is 19.3 Å². The summed E-state index contributed by atoms with van der Waals surface area (Å²) in [7, 11) is 0. The fraction of sp³-hybridized carbons (Fsp3) is 0.750. The van der Waals surface area contributed by atoms with Crippen LogP contribution in [0.4, 0.5) is 0 Å². The molecule has 0 aromatic rings. The number of carbonyl (C=O) groups excluding carboxylic acids is 3. The molecule has 1 atom stereocenters. The maximum Gasteiger partial charge on any atom is 0.306 e. The van der Waals surface area contributed by atoms with Gasteiger partial charge >= 0.3 is 17.9 Å². The molecule has 6 heteroatoms. The van der Waals surface area contributed by atoms with Crippen molar-refractivity contribution in [3.05, 3.63) is 60.8 Å². The summed E-state index contributed by atoms with van der Waals surface area (Å²) < 4.78 is 16.7. The van der Waals surface area contributed by atoms with E-state index in [1.54, 1.807) is 0 Å². The molecule has 0 spiro atoms. The lowest BCUT2D eigenvalue weighted by Gasteiger charge is -2.18. The zero-order chi connectivity index (χ0) is 42.3. The maximum atomic E-state index is 12.7. The van der Waals surface area contributed by atoms with E-state index in [0.717, 1.165) is 96.3 Å². The lowest BCUT2D eigenvalue weighted by atomic mass is 10.1. The molecule has 0 aliphatic rings. The molecule has 0 aliphatic carbocycles. The number of carbonyl (C=O) groups is 3. The van der Waals surface area contributed by atoms with Gasteiger partial charge in [-0.2, -0.15) is 0 Å². The Balaban J connectivity index is 4.43. The van der Waals surface area contributed by atoms with Crippen LogP contribution in [0.3, 0.4) is 0 Å². The van der Waals surface area contributed by atoms with Gasteiger partial charge in [0.15, 0.2) is 6.10 Å². The fourth-order valence-corrected chi connectivity index (χ4v) is 6.67. The van der Waals surface area contributed by atoms with Gasteiger partial charge in [-0.1, -0.05) is 210 Å². The molecule has 0 amide bonds. The summed E-state index contributed by atoms with van der Waals surface area (Å²) in [6.45, 7) is 6.45. The highest BCUT2D eigenvalue weighted by atomic mass is 16.6. The molecule has 0 rings (SSSR count). The van der Waals surface area contributed by atoms with Crippen LogP contribution in [0, 0.1) is 0 Å². The third-order valence-corrected chi connectivity index (χ3v) is 10.3. The molecule has 0 aromatic heterocycles. The average molecular weight is 811 g/mol. The number of hydrogen-bond donors (Lipinski definition) is 0. The minimum atomic E-state index is -0.792. The first-order chi connectivity index (χ1) is 28.5. The molecular weight excluding hydrogens is 721 g/mol. The van der Waals surface area contributed by atoms with E-state index >= 15 is 0 Å².